The molecule has 13 heteroatoms. The number of rotatable bonds is 11. The van der Waals surface area contributed by atoms with Crippen LogP contribution in [0.25, 0.3) is 11.2 Å². The molecular weight excluding hydrogens is 499 g/mol. The van der Waals surface area contributed by atoms with Crippen LogP contribution in [0.4, 0.5) is 5.82 Å². The average molecular weight is 537 g/mol. The molecule has 3 heterocycles. The maximum Gasteiger partial charge on any atom is 0.332 e. The molecule has 0 amide bonds. The highest BCUT2D eigenvalue weighted by Gasteiger charge is 2.53. The first-order chi connectivity index (χ1) is 17.5. The second-order valence-electron chi connectivity index (χ2n) is 10.2. The van der Waals surface area contributed by atoms with Crippen molar-refractivity contribution in [3.63, 3.8) is 0 Å². The molecule has 3 atom stereocenters. The van der Waals surface area contributed by atoms with Crippen molar-refractivity contribution in [3.8, 4) is 0 Å². The first-order valence-electron chi connectivity index (χ1n) is 12.6. The van der Waals surface area contributed by atoms with E-state index in [2.05, 4.69) is 20.0 Å². The number of nitrogen functional groups attached to an aromatic ring is 1. The molecule has 2 aromatic rings. The quantitative estimate of drug-likeness (QED) is 0.322. The molecule has 3 N–H and O–H groups in total. The van der Waals surface area contributed by atoms with Gasteiger partial charge in [0.2, 0.25) is 0 Å². The smallest absolute Gasteiger partial charge is 0.332 e. The molecule has 204 valence electrons. The van der Waals surface area contributed by atoms with Gasteiger partial charge in [0, 0.05) is 6.42 Å². The second kappa shape index (κ2) is 11.1. The highest BCUT2D eigenvalue weighted by Crippen LogP contribution is 2.58. The number of anilines is 1. The molecule has 4 rings (SSSR count). The van der Waals surface area contributed by atoms with Crippen LogP contribution in [0, 0.1) is 0 Å². The number of fused-ring (bicyclic) bond motifs is 3. The molecule has 0 aromatic carbocycles. The summed E-state index contributed by atoms with van der Waals surface area (Å²) < 4.78 is 25.4. The lowest BCUT2D eigenvalue weighted by Gasteiger charge is -2.33. The normalized spacial score (nSPS) is 24.1. The summed E-state index contributed by atoms with van der Waals surface area (Å²) in [5.74, 6) is -0.418. The van der Waals surface area contributed by atoms with Gasteiger partial charge in [-0.25, -0.2) is 19.7 Å². The minimum absolute atomic E-state index is 0.207. The van der Waals surface area contributed by atoms with Gasteiger partial charge in [-0.15, -0.1) is 0 Å². The van der Waals surface area contributed by atoms with E-state index in [9.17, 15) is 9.59 Å². The lowest BCUT2D eigenvalue weighted by atomic mass is 9.82. The Balaban J connectivity index is 1.53. The Morgan fingerprint density at radius 3 is 2.65 bits per heavy atom. The molecule has 12 nitrogen and oxygen atoms in total. The van der Waals surface area contributed by atoms with E-state index < -0.39 is 18.8 Å². The van der Waals surface area contributed by atoms with Crippen molar-refractivity contribution in [1.82, 2.24) is 24.6 Å². The van der Waals surface area contributed by atoms with Crippen LogP contribution < -0.4 is 10.8 Å². The Morgan fingerprint density at radius 1 is 1.16 bits per heavy atom. The van der Waals surface area contributed by atoms with E-state index in [1.165, 1.54) is 6.33 Å². The molecule has 0 radical (unpaired) electrons. The fourth-order valence-corrected chi connectivity index (χ4v) is 8.37. The van der Waals surface area contributed by atoms with E-state index in [1.807, 2.05) is 25.3 Å². The molecule has 2 aliphatic rings. The Labute approximate surface area is 216 Å². The summed E-state index contributed by atoms with van der Waals surface area (Å²) in [5.41, 5.74) is 6.21. The number of imidazole rings is 1. The van der Waals surface area contributed by atoms with Gasteiger partial charge in [0.25, 0.3) is 0 Å². The minimum atomic E-state index is -2.64. The molecule has 2 unspecified atom stereocenters. The number of nitrogens with zero attached hydrogens (tertiary/aromatic N) is 4. The summed E-state index contributed by atoms with van der Waals surface area (Å²) in [6, 6.07) is 0. The van der Waals surface area contributed by atoms with E-state index in [-0.39, 0.29) is 37.2 Å². The number of nitrogens with two attached hydrogens (primary N) is 1. The van der Waals surface area contributed by atoms with Crippen LogP contribution in [0.2, 0.25) is 0 Å². The predicted octanol–water partition coefficient (Wildman–Crippen LogP) is 2.63. The van der Waals surface area contributed by atoms with Gasteiger partial charge < -0.3 is 29.0 Å². The number of aromatic nitrogens is 4. The van der Waals surface area contributed by atoms with Crippen molar-refractivity contribution in [2.45, 2.75) is 90.7 Å². The van der Waals surface area contributed by atoms with Crippen LogP contribution >= 0.6 is 7.26 Å². The third-order valence-corrected chi connectivity index (χ3v) is 9.68. The third kappa shape index (κ3) is 5.98. The van der Waals surface area contributed by atoms with E-state index in [0.717, 1.165) is 18.1 Å². The van der Waals surface area contributed by atoms with Gasteiger partial charge in [-0.3, -0.25) is 9.88 Å². The lowest BCUT2D eigenvalue weighted by Crippen LogP contribution is -2.50. The molecular formula is C24H37N6O6P. The zero-order valence-electron chi connectivity index (χ0n) is 22.1. The summed E-state index contributed by atoms with van der Waals surface area (Å²) >= 11 is 0. The Hall–Kier alpha value is -2.53. The summed E-state index contributed by atoms with van der Waals surface area (Å²) in [4.78, 5) is 38.1. The zero-order valence-corrected chi connectivity index (χ0v) is 23.0. The Kier molecular flexibility index (Phi) is 8.23. The number of hydrogen-bond donors (Lipinski definition) is 2. The summed E-state index contributed by atoms with van der Waals surface area (Å²) in [6.45, 7) is 9.43. The summed E-state index contributed by atoms with van der Waals surface area (Å²) in [7, 11) is -2.64. The maximum absolute atomic E-state index is 13.2. The van der Waals surface area contributed by atoms with Crippen molar-refractivity contribution >= 4 is 41.5 Å². The standard InChI is InChI=1S/C24H37N6O6P/c1-15(2)35-19(31)11-34-37(18-7-6-8-24(9-18,29-37)23(32)36-16(3)4)14-33-17(5)10-30-13-28-20-21(25)26-12-27-22(20)30/h12-13,15-17,29H,6-11,14H2,1-5H3,(H2,25,26,27)/t17-,24?,37?/m1/s1. The second-order valence-corrected chi connectivity index (χ2v) is 13.1. The van der Waals surface area contributed by atoms with Crippen LogP contribution in [0.5, 0.6) is 0 Å². The topological polar surface area (TPSA) is 153 Å². The van der Waals surface area contributed by atoms with Crippen LogP contribution in [0.1, 0.15) is 60.3 Å². The molecule has 1 aliphatic carbocycles. The zero-order chi connectivity index (χ0) is 26.8. The highest BCUT2D eigenvalue weighted by atomic mass is 31.2. The number of carbonyl (C=O) groups excluding carboxylic acids is 2. The monoisotopic (exact) mass is 536 g/mol. The van der Waals surface area contributed by atoms with Crippen molar-refractivity contribution < 1.29 is 28.3 Å². The van der Waals surface area contributed by atoms with Gasteiger partial charge in [-0.05, 0) is 59.2 Å². The predicted molar refractivity (Wildman–Crippen MR) is 140 cm³/mol. The highest BCUT2D eigenvalue weighted by molar-refractivity contribution is 7.70. The van der Waals surface area contributed by atoms with E-state index in [0.29, 0.717) is 36.4 Å². The van der Waals surface area contributed by atoms with Gasteiger partial charge >= 0.3 is 11.9 Å². The Bertz CT molecular complexity index is 1210. The van der Waals surface area contributed by atoms with Gasteiger partial charge in [0.15, 0.2) is 11.5 Å². The number of esters is 2. The van der Waals surface area contributed by atoms with Gasteiger partial charge in [-0.2, -0.15) is 0 Å². The van der Waals surface area contributed by atoms with Crippen LogP contribution in [-0.4, -0.2) is 73.6 Å². The van der Waals surface area contributed by atoms with Crippen molar-refractivity contribution in [1.29, 1.82) is 0 Å². The van der Waals surface area contributed by atoms with Crippen molar-refractivity contribution in [3.05, 3.63) is 12.7 Å². The van der Waals surface area contributed by atoms with Crippen LogP contribution in [-0.2, 0) is 34.9 Å². The first kappa shape index (κ1) is 27.5. The molecule has 37 heavy (non-hydrogen) atoms. The molecule has 1 aliphatic heterocycles. The average Bonchev–Trinajstić information content (AvgIpc) is 3.33. The van der Waals surface area contributed by atoms with E-state index >= 15 is 0 Å². The number of nitrogens with one attached hydrogen (secondary N) is 1. The summed E-state index contributed by atoms with van der Waals surface area (Å²) in [5, 5.41) is 4.63. The summed E-state index contributed by atoms with van der Waals surface area (Å²) in [6.07, 6.45) is 5.32. The molecule has 1 fully saturated rings. The Morgan fingerprint density at radius 2 is 1.92 bits per heavy atom. The first-order valence-corrected chi connectivity index (χ1v) is 14.5. The van der Waals surface area contributed by atoms with E-state index in [1.54, 1.807) is 20.2 Å². The third-order valence-electron chi connectivity index (χ3n) is 6.41. The molecule has 2 aromatic heterocycles. The minimum Gasteiger partial charge on any atom is -0.462 e. The fourth-order valence-electron chi connectivity index (χ4n) is 4.83. The van der Waals surface area contributed by atoms with Crippen LogP contribution in [0.15, 0.2) is 12.7 Å². The lowest BCUT2D eigenvalue weighted by molar-refractivity contribution is -0.155. The molecule has 1 saturated carbocycles. The largest absolute Gasteiger partial charge is 0.462 e. The molecule has 0 spiro atoms. The van der Waals surface area contributed by atoms with Crippen LogP contribution in [0.3, 0.4) is 0 Å². The van der Waals surface area contributed by atoms with Crippen molar-refractivity contribution in [2.24, 2.45) is 0 Å². The molecule has 2 bridgehead atoms. The van der Waals surface area contributed by atoms with E-state index in [4.69, 9.17) is 24.5 Å². The molecule has 0 saturated heterocycles. The number of hydrogen-bond acceptors (Lipinski definition) is 11. The SMILES string of the molecule is CC(C)OC(=O)COP1(CO[C@H](C)Cn2cnc3c(N)ncnc32)=C2CCCC(C(=O)OC(C)C)(C2)N1. The van der Waals surface area contributed by atoms with Gasteiger partial charge in [0.1, 0.15) is 30.3 Å². The van der Waals surface area contributed by atoms with Crippen molar-refractivity contribution in [2.75, 3.05) is 18.7 Å². The maximum atomic E-state index is 13.2. The van der Waals surface area contributed by atoms with Gasteiger partial charge in [0.05, 0.1) is 38.4 Å². The number of carbonyl (C=O) groups is 2. The number of ether oxygens (including phenoxy) is 3. The fraction of sp³-hybridized carbons (Fsp3) is 0.667. The van der Waals surface area contributed by atoms with Gasteiger partial charge in [-0.1, -0.05) is 0 Å².